The molecule has 30 heavy (non-hydrogen) atoms. The monoisotopic (exact) mass is 405 g/mol. The first-order chi connectivity index (χ1) is 14.6. The summed E-state index contributed by atoms with van der Waals surface area (Å²) in [6.45, 7) is 2.80. The molecule has 4 N–H and O–H groups in total. The quantitative estimate of drug-likeness (QED) is 0.555. The van der Waals surface area contributed by atoms with E-state index in [0.717, 1.165) is 49.3 Å². The Labute approximate surface area is 178 Å². The summed E-state index contributed by atoms with van der Waals surface area (Å²) in [6.07, 6.45) is 16.9. The van der Waals surface area contributed by atoms with Gasteiger partial charge in [-0.1, -0.05) is 0 Å². The van der Waals surface area contributed by atoms with Crippen LogP contribution in [0.2, 0.25) is 0 Å². The Balaban J connectivity index is 1.18. The number of nitrogens with two attached hydrogens (primary N) is 1. The van der Waals surface area contributed by atoms with E-state index in [9.17, 15) is 0 Å². The molecule has 4 rings (SSSR count). The number of likely N-dealkylation sites (N-methyl/N-ethyl adjacent to an activating group) is 1. The molecular formula is C23H31N7. The van der Waals surface area contributed by atoms with Crippen LogP contribution in [-0.2, 0) is 7.05 Å². The van der Waals surface area contributed by atoms with Crippen molar-refractivity contribution in [3.8, 4) is 11.1 Å². The van der Waals surface area contributed by atoms with Crippen LogP contribution in [0.3, 0.4) is 0 Å². The number of anilines is 2. The molecule has 0 amide bonds. The Morgan fingerprint density at radius 2 is 1.97 bits per heavy atom. The summed E-state index contributed by atoms with van der Waals surface area (Å²) in [5.41, 5.74) is 13.3. The van der Waals surface area contributed by atoms with Crippen LogP contribution in [-0.4, -0.2) is 46.3 Å². The van der Waals surface area contributed by atoms with Gasteiger partial charge in [-0.25, -0.2) is 4.98 Å². The van der Waals surface area contributed by atoms with Gasteiger partial charge in [0, 0.05) is 56.1 Å². The van der Waals surface area contributed by atoms with Crippen molar-refractivity contribution in [3.05, 3.63) is 59.9 Å². The minimum absolute atomic E-state index is 0.525. The number of allylic oxidation sites excluding steroid dienone is 3. The third-order valence-electron chi connectivity index (χ3n) is 5.47. The Bertz CT molecular complexity index is 977. The highest BCUT2D eigenvalue weighted by Gasteiger charge is 2.20. The van der Waals surface area contributed by atoms with Crippen LogP contribution in [0.4, 0.5) is 11.5 Å². The minimum atomic E-state index is 0.525. The number of aryl methyl sites for hydroxylation is 1. The number of nitrogen functional groups attached to an aromatic ring is 1. The second-order valence-electron chi connectivity index (χ2n) is 7.97. The van der Waals surface area contributed by atoms with Crippen LogP contribution in [0.5, 0.6) is 0 Å². The van der Waals surface area contributed by atoms with Gasteiger partial charge in [0.1, 0.15) is 5.82 Å². The van der Waals surface area contributed by atoms with Gasteiger partial charge < -0.3 is 21.3 Å². The molecule has 0 atom stereocenters. The Kier molecular flexibility index (Phi) is 6.18. The van der Waals surface area contributed by atoms with E-state index in [-0.39, 0.29) is 0 Å². The lowest BCUT2D eigenvalue weighted by Gasteiger charge is -2.21. The normalized spacial score (nSPS) is 15.5. The molecule has 0 saturated heterocycles. The van der Waals surface area contributed by atoms with Crippen LogP contribution in [0.25, 0.3) is 11.1 Å². The van der Waals surface area contributed by atoms with E-state index in [1.807, 2.05) is 25.5 Å². The van der Waals surface area contributed by atoms with E-state index in [0.29, 0.717) is 5.82 Å². The van der Waals surface area contributed by atoms with Gasteiger partial charge in [0.2, 0.25) is 0 Å². The molecule has 2 aromatic rings. The number of pyridine rings is 1. The van der Waals surface area contributed by atoms with Crippen molar-refractivity contribution in [2.45, 2.75) is 25.7 Å². The van der Waals surface area contributed by atoms with E-state index in [1.54, 1.807) is 16.5 Å². The second kappa shape index (κ2) is 9.17. The first-order valence-corrected chi connectivity index (χ1v) is 10.6. The zero-order valence-electron chi connectivity index (χ0n) is 17.9. The highest BCUT2D eigenvalue weighted by atomic mass is 15.2. The largest absolute Gasteiger partial charge is 0.382 e. The maximum Gasteiger partial charge on any atom is 0.146 e. The maximum absolute atomic E-state index is 6.03. The lowest BCUT2D eigenvalue weighted by Crippen LogP contribution is -2.20. The number of nitrogens with one attached hydrogen (secondary N) is 2. The summed E-state index contributed by atoms with van der Waals surface area (Å²) in [5.74, 6) is 0.525. The van der Waals surface area contributed by atoms with Gasteiger partial charge in [0.15, 0.2) is 0 Å². The molecule has 0 spiro atoms. The standard InChI is InChI=1S/C23H31N7/c1-29-11-7-17(12-22(29)18-4-5-18)6-10-25-8-3-9-26-21-13-19(14-27-23(21)24)20-15-28-30(2)16-20/h7,11-16,25-26H,3-6,8-10H2,1-2H3,(H2,24,27). The van der Waals surface area contributed by atoms with Gasteiger partial charge in [-0.15, -0.1) is 0 Å². The Hall–Kier alpha value is -3.06. The van der Waals surface area contributed by atoms with Crippen molar-refractivity contribution in [2.24, 2.45) is 7.05 Å². The van der Waals surface area contributed by atoms with Crippen LogP contribution < -0.4 is 16.4 Å². The van der Waals surface area contributed by atoms with Crippen molar-refractivity contribution < 1.29 is 0 Å². The first-order valence-electron chi connectivity index (χ1n) is 10.6. The molecule has 1 aliphatic carbocycles. The van der Waals surface area contributed by atoms with Crippen LogP contribution in [0.1, 0.15) is 25.7 Å². The van der Waals surface area contributed by atoms with Gasteiger partial charge in [0.25, 0.3) is 0 Å². The molecule has 0 unspecified atom stereocenters. The Morgan fingerprint density at radius 1 is 1.10 bits per heavy atom. The van der Waals surface area contributed by atoms with Crippen LogP contribution >= 0.6 is 0 Å². The molecule has 7 nitrogen and oxygen atoms in total. The van der Waals surface area contributed by atoms with Crippen molar-refractivity contribution in [2.75, 3.05) is 37.7 Å². The fraction of sp³-hybridized carbons (Fsp3) is 0.391. The molecule has 158 valence electrons. The van der Waals surface area contributed by atoms with Crippen molar-refractivity contribution in [1.82, 2.24) is 25.0 Å². The van der Waals surface area contributed by atoms with Gasteiger partial charge in [-0.05, 0) is 68.1 Å². The summed E-state index contributed by atoms with van der Waals surface area (Å²) in [7, 11) is 4.04. The fourth-order valence-corrected chi connectivity index (χ4v) is 3.58. The molecule has 0 bridgehead atoms. The zero-order chi connectivity index (χ0) is 20.9. The number of rotatable bonds is 9. The van der Waals surface area contributed by atoms with E-state index in [2.05, 4.69) is 51.0 Å². The van der Waals surface area contributed by atoms with E-state index in [4.69, 9.17) is 5.73 Å². The summed E-state index contributed by atoms with van der Waals surface area (Å²) in [5, 5.41) is 11.2. The zero-order valence-corrected chi connectivity index (χ0v) is 17.9. The van der Waals surface area contributed by atoms with Gasteiger partial charge in [-0.2, -0.15) is 5.10 Å². The van der Waals surface area contributed by atoms with Crippen molar-refractivity contribution in [3.63, 3.8) is 0 Å². The lowest BCUT2D eigenvalue weighted by molar-refractivity contribution is 0.574. The summed E-state index contributed by atoms with van der Waals surface area (Å²) in [4.78, 5) is 6.55. The highest BCUT2D eigenvalue weighted by Crippen LogP contribution is 2.35. The van der Waals surface area contributed by atoms with Gasteiger partial charge >= 0.3 is 0 Å². The SMILES string of the molecule is CN1C=CC(CCNCCCNc2cc(-c3cnn(C)c3)cnc2N)=CC1=C1CC1. The van der Waals surface area contributed by atoms with Gasteiger partial charge in [0.05, 0.1) is 11.9 Å². The highest BCUT2D eigenvalue weighted by molar-refractivity contribution is 5.72. The average Bonchev–Trinajstić information content (AvgIpc) is 3.49. The van der Waals surface area contributed by atoms with Gasteiger partial charge in [-0.3, -0.25) is 4.68 Å². The molecule has 0 radical (unpaired) electrons. The Morgan fingerprint density at radius 3 is 2.73 bits per heavy atom. The molecule has 3 heterocycles. The molecule has 1 aliphatic heterocycles. The molecule has 1 fully saturated rings. The first kappa shape index (κ1) is 20.2. The summed E-state index contributed by atoms with van der Waals surface area (Å²) < 4.78 is 1.78. The minimum Gasteiger partial charge on any atom is -0.382 e. The fourth-order valence-electron chi connectivity index (χ4n) is 3.58. The van der Waals surface area contributed by atoms with E-state index < -0.39 is 0 Å². The average molecular weight is 406 g/mol. The maximum atomic E-state index is 6.03. The molecule has 2 aromatic heterocycles. The molecule has 1 saturated carbocycles. The predicted molar refractivity (Wildman–Crippen MR) is 123 cm³/mol. The van der Waals surface area contributed by atoms with Crippen LogP contribution in [0.15, 0.2) is 59.9 Å². The van der Waals surface area contributed by atoms with E-state index in [1.165, 1.54) is 24.1 Å². The third kappa shape index (κ3) is 5.10. The molecular weight excluding hydrogens is 374 g/mol. The number of hydrogen-bond acceptors (Lipinski definition) is 6. The van der Waals surface area contributed by atoms with Crippen LogP contribution in [0, 0.1) is 0 Å². The lowest BCUT2D eigenvalue weighted by atomic mass is 10.1. The third-order valence-corrected chi connectivity index (χ3v) is 5.47. The topological polar surface area (TPSA) is 84.0 Å². The predicted octanol–water partition coefficient (Wildman–Crippen LogP) is 3.28. The second-order valence-corrected chi connectivity index (χ2v) is 7.97. The summed E-state index contributed by atoms with van der Waals surface area (Å²) >= 11 is 0. The number of aromatic nitrogens is 3. The van der Waals surface area contributed by atoms with E-state index >= 15 is 0 Å². The molecule has 7 heteroatoms. The van der Waals surface area contributed by atoms with Crippen molar-refractivity contribution >= 4 is 11.5 Å². The molecule has 0 aromatic carbocycles. The smallest absolute Gasteiger partial charge is 0.146 e. The van der Waals surface area contributed by atoms with Crippen molar-refractivity contribution in [1.29, 1.82) is 0 Å². The number of hydrogen-bond donors (Lipinski definition) is 3. The molecule has 2 aliphatic rings. The summed E-state index contributed by atoms with van der Waals surface area (Å²) in [6, 6.07) is 2.04. The number of nitrogens with zero attached hydrogens (tertiary/aromatic N) is 4.